The van der Waals surface area contributed by atoms with Gasteiger partial charge in [0.1, 0.15) is 11.7 Å². The first-order valence-corrected chi connectivity index (χ1v) is 7.59. The van der Waals surface area contributed by atoms with Gasteiger partial charge >= 0.3 is 5.97 Å². The molecule has 1 aromatic heterocycles. The molecule has 6 nitrogen and oxygen atoms in total. The topological polar surface area (TPSA) is 75.4 Å². The monoisotopic (exact) mass is 293 g/mol. The van der Waals surface area contributed by atoms with Crippen LogP contribution in [0.3, 0.4) is 0 Å². The summed E-state index contributed by atoms with van der Waals surface area (Å²) in [4.78, 5) is 25.5. The number of carboxylic acids is 1. The average molecular weight is 293 g/mol. The van der Waals surface area contributed by atoms with Crippen LogP contribution < -0.4 is 0 Å². The first-order chi connectivity index (χ1) is 9.99. The Bertz CT molecular complexity index is 534. The third kappa shape index (κ3) is 2.94. The smallest absolute Gasteiger partial charge is 0.326 e. The normalized spacial score (nSPS) is 18.5. The van der Waals surface area contributed by atoms with E-state index in [2.05, 4.69) is 18.9 Å². The summed E-state index contributed by atoms with van der Waals surface area (Å²) in [6, 6.07) is 1.23. The summed E-state index contributed by atoms with van der Waals surface area (Å²) in [6.07, 6.45) is 3.04. The lowest BCUT2D eigenvalue weighted by Crippen LogP contribution is -2.41. The van der Waals surface area contributed by atoms with Gasteiger partial charge in [0.05, 0.1) is 11.7 Å². The van der Waals surface area contributed by atoms with Crippen molar-refractivity contribution in [2.45, 2.75) is 58.5 Å². The predicted octanol–water partition coefficient (Wildman–Crippen LogP) is 2.24. The molecule has 2 heterocycles. The number of carbonyl (C=O) groups is 2. The van der Waals surface area contributed by atoms with Crippen molar-refractivity contribution in [2.75, 3.05) is 6.54 Å². The van der Waals surface area contributed by atoms with Gasteiger partial charge in [0.25, 0.3) is 5.91 Å². The van der Waals surface area contributed by atoms with Crippen LogP contribution in [0.4, 0.5) is 0 Å². The molecular formula is C15H23N3O3. The molecule has 0 aliphatic carbocycles. The molecule has 6 heteroatoms. The minimum absolute atomic E-state index is 0.170. The molecule has 0 radical (unpaired) electrons. The molecule has 116 valence electrons. The van der Waals surface area contributed by atoms with Crippen molar-refractivity contribution < 1.29 is 14.7 Å². The number of aliphatic carboxylic acids is 1. The minimum atomic E-state index is -0.925. The maximum absolute atomic E-state index is 12.7. The molecule has 0 spiro atoms. The number of carbonyl (C=O) groups excluding carboxylic acids is 1. The number of amides is 1. The number of aryl methyl sites for hydroxylation is 1. The highest BCUT2D eigenvalue weighted by molar-refractivity contribution is 5.95. The van der Waals surface area contributed by atoms with Gasteiger partial charge < -0.3 is 10.0 Å². The predicted molar refractivity (Wildman–Crippen MR) is 78.3 cm³/mol. The van der Waals surface area contributed by atoms with E-state index in [0.29, 0.717) is 18.7 Å². The summed E-state index contributed by atoms with van der Waals surface area (Å²) < 4.78 is 1.77. The van der Waals surface area contributed by atoms with Gasteiger partial charge in [-0.15, -0.1) is 0 Å². The van der Waals surface area contributed by atoms with Crippen LogP contribution in [-0.2, 0) is 4.79 Å². The molecule has 1 atom stereocenters. The van der Waals surface area contributed by atoms with E-state index >= 15 is 0 Å². The highest BCUT2D eigenvalue weighted by Crippen LogP contribution is 2.24. The van der Waals surface area contributed by atoms with Crippen LogP contribution in [0.2, 0.25) is 0 Å². The molecule has 1 aromatic rings. The van der Waals surface area contributed by atoms with Gasteiger partial charge in [0.2, 0.25) is 0 Å². The Balaban J connectivity index is 2.33. The van der Waals surface area contributed by atoms with Crippen molar-refractivity contribution >= 4 is 11.9 Å². The van der Waals surface area contributed by atoms with Gasteiger partial charge in [-0.25, -0.2) is 4.79 Å². The molecule has 21 heavy (non-hydrogen) atoms. The Morgan fingerprint density at radius 2 is 2.10 bits per heavy atom. The SMILES string of the molecule is CCC(CC)n1nc(C)cc1C(=O)N1CCC[C@H]1C(=O)O. The van der Waals surface area contributed by atoms with Crippen LogP contribution in [0, 0.1) is 6.92 Å². The maximum atomic E-state index is 12.7. The van der Waals surface area contributed by atoms with Gasteiger partial charge in [0.15, 0.2) is 0 Å². The van der Waals surface area contributed by atoms with Crippen molar-refractivity contribution in [3.63, 3.8) is 0 Å². The van der Waals surface area contributed by atoms with E-state index in [1.165, 1.54) is 4.90 Å². The third-order valence-electron chi connectivity index (χ3n) is 4.16. The Morgan fingerprint density at radius 1 is 1.43 bits per heavy atom. The van der Waals surface area contributed by atoms with Crippen LogP contribution in [0.15, 0.2) is 6.07 Å². The molecule has 2 rings (SSSR count). The Hall–Kier alpha value is -1.85. The van der Waals surface area contributed by atoms with Crippen molar-refractivity contribution in [2.24, 2.45) is 0 Å². The van der Waals surface area contributed by atoms with E-state index in [4.69, 9.17) is 0 Å². The fourth-order valence-corrected chi connectivity index (χ4v) is 3.00. The van der Waals surface area contributed by atoms with Crippen molar-refractivity contribution in [1.82, 2.24) is 14.7 Å². The van der Waals surface area contributed by atoms with Gasteiger partial charge in [-0.3, -0.25) is 9.48 Å². The number of likely N-dealkylation sites (tertiary alicyclic amines) is 1. The summed E-state index contributed by atoms with van der Waals surface area (Å²) in [5.41, 5.74) is 1.30. The summed E-state index contributed by atoms with van der Waals surface area (Å²) in [6.45, 7) is 6.49. The Kier molecular flexibility index (Phi) is 4.65. The summed E-state index contributed by atoms with van der Waals surface area (Å²) in [7, 11) is 0. The average Bonchev–Trinajstić information content (AvgIpc) is 3.06. The van der Waals surface area contributed by atoms with Crippen LogP contribution in [0.1, 0.15) is 61.8 Å². The summed E-state index contributed by atoms with van der Waals surface area (Å²) in [5.74, 6) is -1.14. The third-order valence-corrected chi connectivity index (χ3v) is 4.16. The molecule has 0 saturated carbocycles. The molecule has 1 saturated heterocycles. The quantitative estimate of drug-likeness (QED) is 0.903. The minimum Gasteiger partial charge on any atom is -0.480 e. The Morgan fingerprint density at radius 3 is 2.67 bits per heavy atom. The molecule has 0 bridgehead atoms. The van der Waals surface area contributed by atoms with E-state index in [9.17, 15) is 14.7 Å². The zero-order chi connectivity index (χ0) is 15.6. The second-order valence-electron chi connectivity index (χ2n) is 5.58. The molecular weight excluding hydrogens is 270 g/mol. The number of nitrogens with zero attached hydrogens (tertiary/aromatic N) is 3. The first kappa shape index (κ1) is 15.5. The fourth-order valence-electron chi connectivity index (χ4n) is 3.00. The highest BCUT2D eigenvalue weighted by Gasteiger charge is 2.36. The first-order valence-electron chi connectivity index (χ1n) is 7.59. The molecule has 1 aliphatic heterocycles. The molecule has 1 fully saturated rings. The standard InChI is InChI=1S/C15H23N3O3/c1-4-11(5-2)18-13(9-10(3)16-18)14(19)17-8-6-7-12(17)15(20)21/h9,11-12H,4-8H2,1-3H3,(H,20,21)/t12-/m0/s1. The van der Waals surface area contributed by atoms with Crippen LogP contribution in [0.25, 0.3) is 0 Å². The van der Waals surface area contributed by atoms with E-state index in [-0.39, 0.29) is 11.9 Å². The number of carboxylic acid groups (broad SMARTS) is 1. The maximum Gasteiger partial charge on any atom is 0.326 e. The lowest BCUT2D eigenvalue weighted by Gasteiger charge is -2.23. The number of rotatable bonds is 5. The van der Waals surface area contributed by atoms with Gasteiger partial charge in [-0.1, -0.05) is 13.8 Å². The van der Waals surface area contributed by atoms with E-state index in [1.54, 1.807) is 10.7 Å². The van der Waals surface area contributed by atoms with Crippen molar-refractivity contribution in [3.8, 4) is 0 Å². The molecule has 1 amide bonds. The highest BCUT2D eigenvalue weighted by atomic mass is 16.4. The molecule has 1 aliphatic rings. The second kappa shape index (κ2) is 6.28. The molecule has 0 aromatic carbocycles. The Labute approximate surface area is 124 Å². The lowest BCUT2D eigenvalue weighted by atomic mass is 10.1. The van der Waals surface area contributed by atoms with Crippen LogP contribution in [0.5, 0.6) is 0 Å². The molecule has 1 N–H and O–H groups in total. The fraction of sp³-hybridized carbons (Fsp3) is 0.667. The van der Waals surface area contributed by atoms with Crippen LogP contribution in [-0.4, -0.2) is 44.3 Å². The summed E-state index contributed by atoms with van der Waals surface area (Å²) in [5, 5.41) is 13.7. The van der Waals surface area contributed by atoms with E-state index in [1.807, 2.05) is 6.92 Å². The van der Waals surface area contributed by atoms with Gasteiger partial charge in [0, 0.05) is 6.54 Å². The molecule has 0 unspecified atom stereocenters. The zero-order valence-electron chi connectivity index (χ0n) is 12.9. The lowest BCUT2D eigenvalue weighted by molar-refractivity contribution is -0.141. The second-order valence-corrected chi connectivity index (χ2v) is 5.58. The number of aromatic nitrogens is 2. The van der Waals surface area contributed by atoms with Crippen LogP contribution >= 0.6 is 0 Å². The van der Waals surface area contributed by atoms with E-state index in [0.717, 1.165) is 25.0 Å². The van der Waals surface area contributed by atoms with Crippen molar-refractivity contribution in [1.29, 1.82) is 0 Å². The van der Waals surface area contributed by atoms with Crippen molar-refractivity contribution in [3.05, 3.63) is 17.5 Å². The van der Waals surface area contributed by atoms with E-state index < -0.39 is 12.0 Å². The largest absolute Gasteiger partial charge is 0.480 e. The van der Waals surface area contributed by atoms with Gasteiger partial charge in [-0.05, 0) is 38.7 Å². The number of hydrogen-bond donors (Lipinski definition) is 1. The zero-order valence-corrected chi connectivity index (χ0v) is 12.9. The van der Waals surface area contributed by atoms with Gasteiger partial charge in [-0.2, -0.15) is 5.10 Å². The number of hydrogen-bond acceptors (Lipinski definition) is 3. The summed E-state index contributed by atoms with van der Waals surface area (Å²) >= 11 is 0.